The zero-order valence-corrected chi connectivity index (χ0v) is 32.9. The van der Waals surface area contributed by atoms with E-state index in [4.69, 9.17) is 13.6 Å². The van der Waals surface area contributed by atoms with Crippen molar-refractivity contribution in [3.05, 3.63) is 89.5 Å². The van der Waals surface area contributed by atoms with Gasteiger partial charge in [-0.25, -0.2) is 13.6 Å². The molecule has 0 fully saturated rings. The fourth-order valence-electron chi connectivity index (χ4n) is 6.47. The summed E-state index contributed by atoms with van der Waals surface area (Å²) in [5, 5.41) is 0. The van der Waals surface area contributed by atoms with Crippen molar-refractivity contribution in [1.29, 1.82) is 0 Å². The van der Waals surface area contributed by atoms with E-state index < -0.39 is 8.17 Å². The van der Waals surface area contributed by atoms with Crippen LogP contribution in [-0.2, 0) is 19.3 Å². The SMILES string of the molecule is CCCCCCCCCc1ccc(O[P+](O)(Oc2ccc(CCCCCCCCC)cc2)Oc2ccc(CCCCCCCCC)cc2)cc1. The van der Waals surface area contributed by atoms with E-state index >= 15 is 0 Å². The van der Waals surface area contributed by atoms with Gasteiger partial charge in [0.1, 0.15) is 0 Å². The summed E-state index contributed by atoms with van der Waals surface area (Å²) in [6.07, 6.45) is 30.5. The van der Waals surface area contributed by atoms with Gasteiger partial charge in [0.05, 0.1) is 0 Å². The van der Waals surface area contributed by atoms with Gasteiger partial charge in [-0.3, -0.25) is 0 Å². The molecule has 3 aromatic carbocycles. The zero-order valence-electron chi connectivity index (χ0n) is 32.0. The van der Waals surface area contributed by atoms with Crippen LogP contribution in [0.15, 0.2) is 72.8 Å². The van der Waals surface area contributed by atoms with Gasteiger partial charge in [-0.2, -0.15) is 0 Å². The van der Waals surface area contributed by atoms with Crippen LogP contribution in [0.1, 0.15) is 172 Å². The minimum atomic E-state index is -3.80. The van der Waals surface area contributed by atoms with Crippen LogP contribution in [0.5, 0.6) is 17.2 Å². The molecule has 3 rings (SSSR count). The maximum Gasteiger partial charge on any atom is 0.714 e. The molecule has 0 amide bonds. The second-order valence-corrected chi connectivity index (χ2v) is 15.8. The molecule has 0 heterocycles. The minimum Gasteiger partial charge on any atom is -0.248 e. The Labute approximate surface area is 307 Å². The Morgan fingerprint density at radius 2 is 0.560 bits per heavy atom. The Hall–Kier alpha value is -2.55. The summed E-state index contributed by atoms with van der Waals surface area (Å²) in [6.45, 7) is 6.79. The fraction of sp³-hybridized carbons (Fsp3) is 0.600. The second-order valence-electron chi connectivity index (χ2n) is 14.3. The van der Waals surface area contributed by atoms with E-state index in [1.165, 1.54) is 152 Å². The number of rotatable bonds is 30. The summed E-state index contributed by atoms with van der Waals surface area (Å²) in [4.78, 5) is 11.8. The molecule has 3 aromatic rings. The highest BCUT2D eigenvalue weighted by atomic mass is 31.2. The van der Waals surface area contributed by atoms with Crippen LogP contribution in [0.2, 0.25) is 0 Å². The van der Waals surface area contributed by atoms with Gasteiger partial charge in [0.2, 0.25) is 0 Å². The van der Waals surface area contributed by atoms with Gasteiger partial charge >= 0.3 is 8.17 Å². The average molecular weight is 706 g/mol. The summed E-state index contributed by atoms with van der Waals surface area (Å²) in [5.74, 6) is 1.61. The first kappa shape index (κ1) is 41.9. The molecular formula is C45H70O4P+. The molecule has 0 spiro atoms. The number of hydrogen-bond donors (Lipinski definition) is 1. The number of unbranched alkanes of at least 4 members (excludes halogenated alkanes) is 18. The molecule has 0 aliphatic heterocycles. The lowest BCUT2D eigenvalue weighted by Crippen LogP contribution is -2.14. The average Bonchev–Trinajstić information content (AvgIpc) is 3.12. The zero-order chi connectivity index (χ0) is 35.5. The van der Waals surface area contributed by atoms with Crippen LogP contribution in [0, 0.1) is 0 Å². The summed E-state index contributed by atoms with van der Waals surface area (Å²) in [5.41, 5.74) is 3.84. The minimum absolute atomic E-state index is 0.537. The number of benzene rings is 3. The van der Waals surface area contributed by atoms with Gasteiger partial charge in [0.25, 0.3) is 0 Å². The van der Waals surface area contributed by atoms with Crippen molar-refractivity contribution in [2.24, 2.45) is 0 Å². The van der Waals surface area contributed by atoms with Crippen molar-refractivity contribution in [2.45, 2.75) is 175 Å². The van der Waals surface area contributed by atoms with E-state index in [0.717, 1.165) is 19.3 Å². The summed E-state index contributed by atoms with van der Waals surface area (Å²) in [7, 11) is -3.80. The van der Waals surface area contributed by atoms with Crippen LogP contribution < -0.4 is 13.6 Å². The van der Waals surface area contributed by atoms with Crippen molar-refractivity contribution < 1.29 is 18.5 Å². The first-order valence-electron chi connectivity index (χ1n) is 20.5. The van der Waals surface area contributed by atoms with E-state index in [-0.39, 0.29) is 0 Å². The second kappa shape index (κ2) is 26.3. The molecule has 0 radical (unpaired) electrons. The quantitative estimate of drug-likeness (QED) is 0.0554. The maximum absolute atomic E-state index is 11.8. The summed E-state index contributed by atoms with van der Waals surface area (Å²) >= 11 is 0. The Bertz CT molecular complexity index is 1070. The third kappa shape index (κ3) is 18.6. The largest absolute Gasteiger partial charge is 0.714 e. The Morgan fingerprint density at radius 3 is 0.800 bits per heavy atom. The molecule has 0 aliphatic carbocycles. The van der Waals surface area contributed by atoms with E-state index in [1.807, 2.05) is 36.4 Å². The molecule has 0 aromatic heterocycles. The van der Waals surface area contributed by atoms with Crippen LogP contribution in [0.4, 0.5) is 0 Å². The Kier molecular flexibility index (Phi) is 22.0. The van der Waals surface area contributed by atoms with Crippen molar-refractivity contribution in [1.82, 2.24) is 0 Å². The maximum atomic E-state index is 11.8. The lowest BCUT2D eigenvalue weighted by Gasteiger charge is -2.17. The van der Waals surface area contributed by atoms with Gasteiger partial charge in [-0.1, -0.05) is 173 Å². The third-order valence-electron chi connectivity index (χ3n) is 9.64. The predicted octanol–water partition coefficient (Wildman–Crippen LogP) is 14.8. The topological polar surface area (TPSA) is 47.9 Å². The fourth-order valence-corrected chi connectivity index (χ4v) is 7.74. The molecule has 278 valence electrons. The molecule has 50 heavy (non-hydrogen) atoms. The van der Waals surface area contributed by atoms with E-state index in [1.54, 1.807) is 0 Å². The van der Waals surface area contributed by atoms with Gasteiger partial charge < -0.3 is 0 Å². The molecule has 0 saturated heterocycles. The molecular weight excluding hydrogens is 635 g/mol. The highest BCUT2D eigenvalue weighted by molar-refractivity contribution is 7.56. The number of aryl methyl sites for hydroxylation is 3. The molecule has 1 N–H and O–H groups in total. The molecule has 5 heteroatoms. The third-order valence-corrected chi connectivity index (χ3v) is 11.0. The van der Waals surface area contributed by atoms with Crippen LogP contribution in [0.3, 0.4) is 0 Å². The van der Waals surface area contributed by atoms with Gasteiger partial charge in [0, 0.05) is 0 Å². The first-order chi connectivity index (χ1) is 24.5. The molecule has 0 bridgehead atoms. The van der Waals surface area contributed by atoms with E-state index in [2.05, 4.69) is 57.2 Å². The smallest absolute Gasteiger partial charge is 0.248 e. The van der Waals surface area contributed by atoms with Crippen LogP contribution >= 0.6 is 8.17 Å². The van der Waals surface area contributed by atoms with Crippen molar-refractivity contribution in [2.75, 3.05) is 0 Å². The Morgan fingerprint density at radius 1 is 0.340 bits per heavy atom. The lowest BCUT2D eigenvalue weighted by molar-refractivity contribution is 0.255. The molecule has 0 unspecified atom stereocenters. The van der Waals surface area contributed by atoms with Gasteiger partial charge in [0.15, 0.2) is 17.2 Å². The summed E-state index contributed by atoms with van der Waals surface area (Å²) in [6, 6.07) is 24.1. The van der Waals surface area contributed by atoms with Crippen molar-refractivity contribution in [3.63, 3.8) is 0 Å². The molecule has 4 nitrogen and oxygen atoms in total. The summed E-state index contributed by atoms with van der Waals surface area (Å²) < 4.78 is 18.5. The Balaban J connectivity index is 1.58. The van der Waals surface area contributed by atoms with Crippen LogP contribution in [-0.4, -0.2) is 4.89 Å². The first-order valence-corrected chi connectivity index (χ1v) is 22.0. The highest BCUT2D eigenvalue weighted by Crippen LogP contribution is 2.57. The van der Waals surface area contributed by atoms with Gasteiger partial charge in [-0.05, 0) is 91.6 Å². The van der Waals surface area contributed by atoms with E-state index in [9.17, 15) is 4.89 Å². The number of hydrogen-bond acceptors (Lipinski definition) is 4. The lowest BCUT2D eigenvalue weighted by atomic mass is 10.0. The van der Waals surface area contributed by atoms with Crippen molar-refractivity contribution in [3.8, 4) is 17.2 Å². The molecule has 0 saturated carbocycles. The van der Waals surface area contributed by atoms with Crippen LogP contribution in [0.25, 0.3) is 0 Å². The van der Waals surface area contributed by atoms with E-state index in [0.29, 0.717) is 17.2 Å². The standard InChI is InChI=1S/C45H70O4P/c1-4-7-10-13-16-19-22-25-40-28-34-43(35-29-40)47-50(46,48-44-36-30-41(31-37-44)26-23-20-17-14-11-8-5-2)49-45-38-32-42(33-39-45)27-24-21-18-15-12-9-6-3/h28-39,46H,4-27H2,1-3H3/q+1. The highest BCUT2D eigenvalue weighted by Gasteiger charge is 2.50. The molecule has 0 atom stereocenters. The van der Waals surface area contributed by atoms with Gasteiger partial charge in [-0.15, -0.1) is 4.89 Å². The molecule has 0 aliphatic rings. The monoisotopic (exact) mass is 706 g/mol. The van der Waals surface area contributed by atoms with Crippen molar-refractivity contribution >= 4 is 8.17 Å². The normalized spacial score (nSPS) is 11.5. The predicted molar refractivity (Wildman–Crippen MR) is 215 cm³/mol.